The van der Waals surface area contributed by atoms with Crippen molar-refractivity contribution in [2.75, 3.05) is 100 Å². The van der Waals surface area contributed by atoms with Gasteiger partial charge in [0.25, 0.3) is 26.0 Å². The predicted octanol–water partition coefficient (Wildman–Crippen LogP) is 8.78. The molecule has 26 nitrogen and oxygen atoms in total. The Labute approximate surface area is 562 Å². The number of rotatable bonds is 35. The summed E-state index contributed by atoms with van der Waals surface area (Å²) in [5.74, 6) is -0.992. The molecule has 0 saturated heterocycles. The number of hydrogen-bond donors (Lipinski definition) is 15. The van der Waals surface area contributed by atoms with E-state index in [1.165, 1.54) is 72.1 Å². The quantitative estimate of drug-likeness (QED) is 0.00885. The molecule has 4 aromatic rings. The number of hydrogen-bond acceptors (Lipinski definition) is 21. The Kier molecular flexibility index (Phi) is 33.4. The summed E-state index contributed by atoms with van der Waals surface area (Å²) >= 11 is 2.66. The zero-order chi connectivity index (χ0) is 68.5. The van der Waals surface area contributed by atoms with Crippen LogP contribution in [0.25, 0.3) is 0 Å². The van der Waals surface area contributed by atoms with Crippen LogP contribution in [0.1, 0.15) is 114 Å². The number of benzene rings is 4. The van der Waals surface area contributed by atoms with Crippen LogP contribution in [-0.2, 0) is 34.4 Å². The zero-order valence-electron chi connectivity index (χ0n) is 55.1. The van der Waals surface area contributed by atoms with Gasteiger partial charge in [-0.3, -0.25) is 65.3 Å². The van der Waals surface area contributed by atoms with Crippen LogP contribution in [0, 0.1) is 27.7 Å². The maximum atomic E-state index is 14.0. The molecule has 0 saturated carbocycles. The molecular weight excluding hydrogens is 1280 g/mol. The van der Waals surface area contributed by atoms with E-state index in [4.69, 9.17) is 0 Å². The Morgan fingerprint density at radius 1 is 0.628 bits per heavy atom. The molecule has 3 amide bonds. The minimum absolute atomic E-state index is 0.0132. The predicted molar refractivity (Wildman–Crippen MR) is 381 cm³/mol. The minimum atomic E-state index is -4.15. The number of aryl methyl sites for hydroxylation is 2. The highest BCUT2D eigenvalue weighted by molar-refractivity contribution is 8.14. The van der Waals surface area contributed by atoms with E-state index >= 15 is 0 Å². The monoisotopic (exact) mass is 1380 g/mol. The molecule has 0 bridgehead atoms. The number of nitrogens with one attached hydrogen (secondary N) is 12. The summed E-state index contributed by atoms with van der Waals surface area (Å²) < 4.78 is 61.0. The summed E-state index contributed by atoms with van der Waals surface area (Å²) in [5, 5.41) is 51.8. The van der Waals surface area contributed by atoms with Gasteiger partial charge >= 0.3 is 0 Å². The maximum Gasteiger partial charge on any atom is 0.283 e. The van der Waals surface area contributed by atoms with Gasteiger partial charge in [0.2, 0.25) is 11.8 Å². The molecule has 5 rings (SSSR count). The molecule has 0 fully saturated rings. The third kappa shape index (κ3) is 25.3. The summed E-state index contributed by atoms with van der Waals surface area (Å²) in [6.45, 7) is 19.7. The maximum absolute atomic E-state index is 14.0. The second-order valence-electron chi connectivity index (χ2n) is 22.1. The number of amides is 3. The van der Waals surface area contributed by atoms with E-state index in [0.717, 1.165) is 91.0 Å². The van der Waals surface area contributed by atoms with Crippen LogP contribution in [0.3, 0.4) is 0 Å². The Balaban J connectivity index is 1.27. The van der Waals surface area contributed by atoms with Crippen LogP contribution in [0.4, 0.5) is 34.1 Å². The first-order valence-corrected chi connectivity index (χ1v) is 36.7. The summed E-state index contributed by atoms with van der Waals surface area (Å²) in [7, 11) is -8.28. The molecule has 94 heavy (non-hydrogen) atoms. The van der Waals surface area contributed by atoms with Gasteiger partial charge in [0.1, 0.15) is 5.70 Å². The molecule has 0 aromatic heterocycles. The van der Waals surface area contributed by atoms with E-state index in [1.54, 1.807) is 55.8 Å². The van der Waals surface area contributed by atoms with E-state index in [0.29, 0.717) is 84.3 Å². The van der Waals surface area contributed by atoms with Crippen molar-refractivity contribution in [2.45, 2.75) is 129 Å². The lowest BCUT2D eigenvalue weighted by Gasteiger charge is -2.26. The molecule has 0 aliphatic carbocycles. The topological polar surface area (TPSA) is 356 Å². The van der Waals surface area contributed by atoms with Gasteiger partial charge < -0.3 is 36.8 Å². The SMILES string of the molecule is CCCCN=C(NCCCC)SCC(=O)Nc1c(C)ccc(NS(=O)(=O)c2ccc(N(O)CCCNC3=C\CN(c4ccc(S(=O)(=O)Nc5ccc(C)c(NC(=O)CSC(=NCCCC)NCCCC)c5C)cc4)CCCN\C(C(=O)NNO)=C/C=C\3NNO)cc2)c1C. The molecular formula is C64H96N16O10S4. The van der Waals surface area contributed by atoms with Gasteiger partial charge in [-0.2, -0.15) is 0 Å². The highest BCUT2D eigenvalue weighted by Gasteiger charge is 2.23. The normalized spacial score (nSPS) is 15.1. The van der Waals surface area contributed by atoms with Gasteiger partial charge in [-0.15, -0.1) is 11.2 Å². The smallest absolute Gasteiger partial charge is 0.283 e. The molecule has 0 spiro atoms. The Bertz CT molecular complexity index is 3500. The van der Waals surface area contributed by atoms with Crippen LogP contribution < -0.4 is 73.3 Å². The fourth-order valence-corrected chi connectivity index (χ4v) is 13.0. The second kappa shape index (κ2) is 40.6. The lowest BCUT2D eigenvalue weighted by molar-refractivity contribution is -0.121. The molecule has 1 aliphatic heterocycles. The van der Waals surface area contributed by atoms with E-state index in [9.17, 15) is 46.8 Å². The molecule has 0 unspecified atom stereocenters. The van der Waals surface area contributed by atoms with Gasteiger partial charge in [-0.05, 0) is 167 Å². The van der Waals surface area contributed by atoms with Crippen LogP contribution in [0.2, 0.25) is 0 Å². The molecule has 0 atom stereocenters. The van der Waals surface area contributed by atoms with Gasteiger partial charge in [-0.25, -0.2) is 16.8 Å². The van der Waals surface area contributed by atoms with Crippen LogP contribution in [0.15, 0.2) is 128 Å². The van der Waals surface area contributed by atoms with Crippen LogP contribution in [0.5, 0.6) is 0 Å². The fraction of sp³-hybridized carbons (Fsp3) is 0.453. The zero-order valence-corrected chi connectivity index (χ0v) is 58.4. The molecule has 15 N–H and O–H groups in total. The summed E-state index contributed by atoms with van der Waals surface area (Å²) in [6.07, 6.45) is 13.5. The molecule has 516 valence electrons. The Morgan fingerprint density at radius 2 is 1.14 bits per heavy atom. The number of carbonyl (C=O) groups excluding carboxylic acids is 3. The second-order valence-corrected chi connectivity index (χ2v) is 27.4. The van der Waals surface area contributed by atoms with Crippen molar-refractivity contribution in [2.24, 2.45) is 9.98 Å². The van der Waals surface area contributed by atoms with Crippen molar-refractivity contribution in [3.63, 3.8) is 0 Å². The summed E-state index contributed by atoms with van der Waals surface area (Å²) in [4.78, 5) is 50.8. The average Bonchev–Trinajstić information content (AvgIpc) is 0.838. The standard InChI is InChI=1S/C64H96N16O10S4/c1-9-13-34-67-63(68-35-14-10-2)91-43-58(81)71-60-45(5)19-29-53(47(60)7)75-93(87,88)51-25-21-49(22-26-51)79-40-17-38-66-57(62(83)74-78-85)32-31-56(73-77-84)55(33-42-79)65-39-18-41-80(86)50-23-27-52(28-24-50)94(89,90)76-54-30-20-46(6)61(48(54)8)72-59(82)44-92-64(69-36-15-11-3)70-37-16-12-4/h19-33,65-66,73,75-78,84-86H,9-18,34-44H2,1-8H3,(H,67,68)(H,69,70)(H,71,81)(H,72,82)(H,74,83)/b55-33-,56-31+,57-32-. The van der Waals surface area contributed by atoms with E-state index < -0.39 is 26.0 Å². The number of amidine groups is 2. The number of unbranched alkanes of at least 4 members (excludes halogenated alkanes) is 4. The Hall–Kier alpha value is -7.55. The number of sulfonamides is 2. The molecule has 1 heterocycles. The van der Waals surface area contributed by atoms with Crippen molar-refractivity contribution in [3.05, 3.63) is 130 Å². The van der Waals surface area contributed by atoms with Crippen molar-refractivity contribution < 1.29 is 46.8 Å². The highest BCUT2D eigenvalue weighted by Crippen LogP contribution is 2.32. The number of hydrazine groups is 2. The molecule has 0 radical (unpaired) electrons. The molecule has 30 heteroatoms. The first-order valence-electron chi connectivity index (χ1n) is 31.7. The molecule has 4 aromatic carbocycles. The number of allylic oxidation sites excluding steroid dienone is 2. The van der Waals surface area contributed by atoms with E-state index in [1.807, 2.05) is 30.4 Å². The lowest BCUT2D eigenvalue weighted by atomic mass is 10.1. The van der Waals surface area contributed by atoms with Gasteiger partial charge in [0.05, 0.1) is 49.8 Å². The van der Waals surface area contributed by atoms with Crippen molar-refractivity contribution >= 4 is 106 Å². The van der Waals surface area contributed by atoms with Crippen LogP contribution in [-0.4, -0.2) is 131 Å². The van der Waals surface area contributed by atoms with Crippen molar-refractivity contribution in [1.29, 1.82) is 0 Å². The Morgan fingerprint density at radius 3 is 1.63 bits per heavy atom. The van der Waals surface area contributed by atoms with E-state index in [-0.39, 0.29) is 69.8 Å². The number of aliphatic imine (C=N–C) groups is 2. The fourth-order valence-electron chi connectivity index (χ4n) is 9.32. The summed E-state index contributed by atoms with van der Waals surface area (Å²) in [5.41, 5.74) is 14.3. The number of anilines is 6. The van der Waals surface area contributed by atoms with Crippen LogP contribution >= 0.6 is 23.5 Å². The van der Waals surface area contributed by atoms with Crippen molar-refractivity contribution in [3.8, 4) is 0 Å². The average molecular weight is 1380 g/mol. The number of thioether (sulfide) groups is 2. The third-order valence-corrected chi connectivity index (χ3v) is 19.4. The number of nitrogens with zero attached hydrogens (tertiary/aromatic N) is 4. The van der Waals surface area contributed by atoms with Gasteiger partial charge in [0.15, 0.2) is 10.3 Å². The lowest BCUT2D eigenvalue weighted by Crippen LogP contribution is -2.40. The first kappa shape index (κ1) is 77.2. The van der Waals surface area contributed by atoms with Gasteiger partial charge in [-0.1, -0.05) is 89.0 Å². The highest BCUT2D eigenvalue weighted by atomic mass is 32.2. The number of hydroxylamine groups is 1. The minimum Gasteiger partial charge on any atom is -0.383 e. The van der Waals surface area contributed by atoms with Crippen molar-refractivity contribution in [1.82, 2.24) is 43.3 Å². The van der Waals surface area contributed by atoms with Gasteiger partial charge in [0, 0.05) is 76.0 Å². The molecule has 1 aliphatic rings. The first-order chi connectivity index (χ1) is 45.2. The summed E-state index contributed by atoms with van der Waals surface area (Å²) in [6, 6.07) is 18.8. The third-order valence-electron chi connectivity index (χ3n) is 14.8. The van der Waals surface area contributed by atoms with E-state index in [2.05, 4.69) is 89.9 Å². The largest absolute Gasteiger partial charge is 0.383 e. The number of carbonyl (C=O) groups is 3.